The Morgan fingerprint density at radius 2 is 2.14 bits per heavy atom. The minimum Gasteiger partial charge on any atom is -0.336 e. The van der Waals surface area contributed by atoms with Gasteiger partial charge in [0.15, 0.2) is 0 Å². The molecule has 1 fully saturated rings. The lowest BCUT2D eigenvalue weighted by molar-refractivity contribution is -0.129. The van der Waals surface area contributed by atoms with Gasteiger partial charge in [-0.3, -0.25) is 9.78 Å². The van der Waals surface area contributed by atoms with Crippen molar-refractivity contribution in [3.8, 4) is 0 Å². The van der Waals surface area contributed by atoms with E-state index in [0.717, 1.165) is 24.9 Å². The molecule has 1 amide bonds. The molecular formula is C15H17N5O. The SMILES string of the molecule is CC(=O)N1CCCC1c1ccnc(Nc2cnccn2)c1. The van der Waals surface area contributed by atoms with Crippen molar-refractivity contribution >= 4 is 17.5 Å². The lowest BCUT2D eigenvalue weighted by Crippen LogP contribution is -2.28. The Morgan fingerprint density at radius 3 is 2.90 bits per heavy atom. The summed E-state index contributed by atoms with van der Waals surface area (Å²) in [7, 11) is 0. The molecule has 6 nitrogen and oxygen atoms in total. The number of likely N-dealkylation sites (tertiary alicyclic amines) is 1. The van der Waals surface area contributed by atoms with Gasteiger partial charge in [-0.1, -0.05) is 0 Å². The molecule has 1 aliphatic rings. The van der Waals surface area contributed by atoms with Crippen LogP contribution in [0, 0.1) is 0 Å². The first-order valence-electron chi connectivity index (χ1n) is 7.00. The van der Waals surface area contributed by atoms with Gasteiger partial charge < -0.3 is 10.2 Å². The fourth-order valence-corrected chi connectivity index (χ4v) is 2.71. The zero-order chi connectivity index (χ0) is 14.7. The third-order valence-corrected chi connectivity index (χ3v) is 3.65. The first-order chi connectivity index (χ1) is 10.2. The molecule has 1 N–H and O–H groups in total. The van der Waals surface area contributed by atoms with E-state index in [1.54, 1.807) is 31.7 Å². The van der Waals surface area contributed by atoms with E-state index in [-0.39, 0.29) is 11.9 Å². The van der Waals surface area contributed by atoms with Gasteiger partial charge >= 0.3 is 0 Å². The van der Waals surface area contributed by atoms with Crippen molar-refractivity contribution in [2.75, 3.05) is 11.9 Å². The van der Waals surface area contributed by atoms with Gasteiger partial charge in [-0.2, -0.15) is 0 Å². The number of carbonyl (C=O) groups excluding carboxylic acids is 1. The molecule has 0 spiro atoms. The number of amides is 1. The predicted octanol–water partition coefficient (Wildman–Crippen LogP) is 2.30. The summed E-state index contributed by atoms with van der Waals surface area (Å²) in [4.78, 5) is 26.1. The van der Waals surface area contributed by atoms with Crippen LogP contribution in [-0.4, -0.2) is 32.3 Å². The van der Waals surface area contributed by atoms with Gasteiger partial charge in [0, 0.05) is 32.1 Å². The second-order valence-electron chi connectivity index (χ2n) is 5.06. The van der Waals surface area contributed by atoms with E-state index in [9.17, 15) is 4.79 Å². The van der Waals surface area contributed by atoms with Gasteiger partial charge in [0.25, 0.3) is 0 Å². The quantitative estimate of drug-likeness (QED) is 0.935. The van der Waals surface area contributed by atoms with Crippen LogP contribution in [0.5, 0.6) is 0 Å². The zero-order valence-corrected chi connectivity index (χ0v) is 11.9. The van der Waals surface area contributed by atoms with Crippen LogP contribution in [-0.2, 0) is 4.79 Å². The molecule has 3 heterocycles. The van der Waals surface area contributed by atoms with E-state index >= 15 is 0 Å². The number of pyridine rings is 1. The Kier molecular flexibility index (Phi) is 3.77. The Balaban J connectivity index is 1.81. The number of nitrogens with one attached hydrogen (secondary N) is 1. The van der Waals surface area contributed by atoms with Crippen molar-refractivity contribution in [3.05, 3.63) is 42.5 Å². The van der Waals surface area contributed by atoms with Crippen LogP contribution in [0.4, 0.5) is 11.6 Å². The van der Waals surface area contributed by atoms with Crippen LogP contribution in [0.25, 0.3) is 0 Å². The van der Waals surface area contributed by atoms with Gasteiger partial charge in [-0.05, 0) is 30.5 Å². The summed E-state index contributed by atoms with van der Waals surface area (Å²) in [5, 5.41) is 3.12. The Morgan fingerprint density at radius 1 is 1.29 bits per heavy atom. The number of hydrogen-bond acceptors (Lipinski definition) is 5. The molecule has 0 bridgehead atoms. The number of rotatable bonds is 3. The van der Waals surface area contributed by atoms with Crippen LogP contribution >= 0.6 is 0 Å². The number of hydrogen-bond donors (Lipinski definition) is 1. The summed E-state index contributed by atoms with van der Waals surface area (Å²) < 4.78 is 0. The van der Waals surface area contributed by atoms with Crippen molar-refractivity contribution in [2.24, 2.45) is 0 Å². The van der Waals surface area contributed by atoms with Gasteiger partial charge in [0.2, 0.25) is 5.91 Å². The second kappa shape index (κ2) is 5.87. The molecule has 2 aromatic rings. The van der Waals surface area contributed by atoms with Crippen LogP contribution in [0.3, 0.4) is 0 Å². The highest BCUT2D eigenvalue weighted by atomic mass is 16.2. The number of anilines is 2. The minimum absolute atomic E-state index is 0.123. The Hall–Kier alpha value is -2.50. The molecule has 1 saturated heterocycles. The fourth-order valence-electron chi connectivity index (χ4n) is 2.71. The molecule has 1 unspecified atom stereocenters. The van der Waals surface area contributed by atoms with Gasteiger partial charge in [0.1, 0.15) is 11.6 Å². The Bertz CT molecular complexity index is 631. The highest BCUT2D eigenvalue weighted by molar-refractivity contribution is 5.74. The van der Waals surface area contributed by atoms with E-state index in [1.807, 2.05) is 17.0 Å². The summed E-state index contributed by atoms with van der Waals surface area (Å²) >= 11 is 0. The number of nitrogens with zero attached hydrogens (tertiary/aromatic N) is 4. The topological polar surface area (TPSA) is 71.0 Å². The summed E-state index contributed by atoms with van der Waals surface area (Å²) in [6, 6.07) is 4.09. The molecule has 108 valence electrons. The molecule has 1 aliphatic heterocycles. The monoisotopic (exact) mass is 283 g/mol. The molecule has 2 aromatic heterocycles. The second-order valence-corrected chi connectivity index (χ2v) is 5.06. The fraction of sp³-hybridized carbons (Fsp3) is 0.333. The molecule has 21 heavy (non-hydrogen) atoms. The molecular weight excluding hydrogens is 266 g/mol. The largest absolute Gasteiger partial charge is 0.336 e. The van der Waals surface area contributed by atoms with Crippen LogP contribution in [0.15, 0.2) is 36.9 Å². The van der Waals surface area contributed by atoms with E-state index in [0.29, 0.717) is 11.6 Å². The average Bonchev–Trinajstić information content (AvgIpc) is 2.98. The van der Waals surface area contributed by atoms with E-state index in [4.69, 9.17) is 0 Å². The van der Waals surface area contributed by atoms with E-state index < -0.39 is 0 Å². The standard InChI is InChI=1S/C15H17N5O/c1-11(21)20-8-2-3-13(20)12-4-5-17-14(9-12)19-15-10-16-6-7-18-15/h4-7,9-10,13H,2-3,8H2,1H3,(H,17,18,19). The lowest BCUT2D eigenvalue weighted by Gasteiger charge is -2.23. The summed E-state index contributed by atoms with van der Waals surface area (Å²) in [5.41, 5.74) is 1.10. The molecule has 0 aromatic carbocycles. The molecule has 1 atom stereocenters. The van der Waals surface area contributed by atoms with E-state index in [1.165, 1.54) is 0 Å². The third-order valence-electron chi connectivity index (χ3n) is 3.65. The van der Waals surface area contributed by atoms with E-state index in [2.05, 4.69) is 20.3 Å². The Labute approximate surface area is 123 Å². The highest BCUT2D eigenvalue weighted by Gasteiger charge is 2.27. The smallest absolute Gasteiger partial charge is 0.219 e. The van der Waals surface area contributed by atoms with Gasteiger partial charge in [-0.15, -0.1) is 0 Å². The molecule has 0 saturated carbocycles. The molecule has 0 aliphatic carbocycles. The first-order valence-corrected chi connectivity index (χ1v) is 7.00. The van der Waals surface area contributed by atoms with Crippen molar-refractivity contribution in [3.63, 3.8) is 0 Å². The van der Waals surface area contributed by atoms with Crippen molar-refractivity contribution in [1.29, 1.82) is 0 Å². The average molecular weight is 283 g/mol. The van der Waals surface area contributed by atoms with Crippen molar-refractivity contribution in [2.45, 2.75) is 25.8 Å². The summed E-state index contributed by atoms with van der Waals surface area (Å²) in [5.74, 6) is 1.48. The molecule has 0 radical (unpaired) electrons. The summed E-state index contributed by atoms with van der Waals surface area (Å²) in [6.45, 7) is 2.45. The zero-order valence-electron chi connectivity index (χ0n) is 11.9. The third kappa shape index (κ3) is 2.99. The number of carbonyl (C=O) groups is 1. The maximum atomic E-state index is 11.7. The minimum atomic E-state index is 0.123. The highest BCUT2D eigenvalue weighted by Crippen LogP contribution is 2.32. The van der Waals surface area contributed by atoms with Crippen LogP contribution in [0.1, 0.15) is 31.4 Å². The van der Waals surface area contributed by atoms with Gasteiger partial charge in [-0.25, -0.2) is 9.97 Å². The maximum absolute atomic E-state index is 11.7. The maximum Gasteiger partial charge on any atom is 0.219 e. The summed E-state index contributed by atoms with van der Waals surface area (Å²) in [6.07, 6.45) is 8.68. The van der Waals surface area contributed by atoms with Gasteiger partial charge in [0.05, 0.1) is 12.2 Å². The molecule has 3 rings (SSSR count). The lowest BCUT2D eigenvalue weighted by atomic mass is 10.1. The van der Waals surface area contributed by atoms with Crippen molar-refractivity contribution < 1.29 is 4.79 Å². The van der Waals surface area contributed by atoms with Crippen molar-refractivity contribution in [1.82, 2.24) is 19.9 Å². The molecule has 6 heteroatoms. The van der Waals surface area contributed by atoms with Crippen LogP contribution in [0.2, 0.25) is 0 Å². The first kappa shape index (κ1) is 13.5. The van der Waals surface area contributed by atoms with Crippen LogP contribution < -0.4 is 5.32 Å². The predicted molar refractivity (Wildman–Crippen MR) is 78.9 cm³/mol. The normalized spacial score (nSPS) is 17.8. The number of aromatic nitrogens is 3.